The Hall–Kier alpha value is -3.53. The number of hydrogen-bond acceptors (Lipinski definition) is 8. The molecule has 0 saturated carbocycles. The summed E-state index contributed by atoms with van der Waals surface area (Å²) in [6.07, 6.45) is 95.5. The van der Waals surface area contributed by atoms with E-state index in [4.69, 9.17) is 18.9 Å². The molecule has 0 aliphatic carbocycles. The van der Waals surface area contributed by atoms with E-state index in [-0.39, 0.29) is 32.2 Å². The summed E-state index contributed by atoms with van der Waals surface area (Å²) in [5, 5.41) is 11.8. The molecule has 0 rings (SSSR count). The quantitative estimate of drug-likeness (QED) is 0.0195. The summed E-state index contributed by atoms with van der Waals surface area (Å²) in [5.74, 6) is -2.26. The maximum atomic E-state index is 13.0. The SMILES string of the molecule is CC/C=C\C/C=C\C/C=C\C/C=C\C/C=C\C/C=C\C/C=C\CCCCCCCCCCCCCCCCCCCCCC(=O)OC(COC(=O)CCCCCCCCCCCCCCCCCCCCCCCCCCC)COC(OCC[N+](C)(C)C)C(=O)[O-]. The zero-order chi connectivity index (χ0) is 66.1. The number of carbonyl (C=O) groups excluding carboxylic acids is 3. The van der Waals surface area contributed by atoms with Gasteiger partial charge in [0, 0.05) is 12.8 Å². The van der Waals surface area contributed by atoms with Crippen molar-refractivity contribution in [2.45, 2.75) is 373 Å². The second kappa shape index (κ2) is 72.3. The van der Waals surface area contributed by atoms with Crippen LogP contribution in [0.25, 0.3) is 0 Å². The average Bonchev–Trinajstić information content (AvgIpc) is 3.53. The van der Waals surface area contributed by atoms with Crippen LogP contribution in [0.4, 0.5) is 0 Å². The molecule has 0 bridgehead atoms. The summed E-state index contributed by atoms with van der Waals surface area (Å²) < 4.78 is 22.9. The first-order valence-electron chi connectivity index (χ1n) is 38.7. The van der Waals surface area contributed by atoms with E-state index in [1.54, 1.807) is 0 Å². The van der Waals surface area contributed by atoms with Gasteiger partial charge in [-0.3, -0.25) is 9.59 Å². The van der Waals surface area contributed by atoms with Gasteiger partial charge in [0.25, 0.3) is 0 Å². The van der Waals surface area contributed by atoms with Gasteiger partial charge in [-0.25, -0.2) is 0 Å². The Labute approximate surface area is 563 Å². The summed E-state index contributed by atoms with van der Waals surface area (Å²) in [5.41, 5.74) is 0. The predicted octanol–water partition coefficient (Wildman–Crippen LogP) is 23.3. The Morgan fingerprint density at radius 2 is 0.626 bits per heavy atom. The third kappa shape index (κ3) is 73.7. The third-order valence-corrected chi connectivity index (χ3v) is 17.2. The Bertz CT molecular complexity index is 1770. The number of carbonyl (C=O) groups is 3. The lowest BCUT2D eigenvalue weighted by Gasteiger charge is -2.26. The number of unbranched alkanes of at least 4 members (excludes halogenated alkanes) is 43. The van der Waals surface area contributed by atoms with Gasteiger partial charge < -0.3 is 33.3 Å². The van der Waals surface area contributed by atoms with Crippen LogP contribution in [0.3, 0.4) is 0 Å². The number of carboxylic acid groups (broad SMARTS) is 1. The summed E-state index contributed by atoms with van der Waals surface area (Å²) in [6.45, 7) is 4.69. The first-order chi connectivity index (χ1) is 44.6. The van der Waals surface area contributed by atoms with Crippen LogP contribution in [0.5, 0.6) is 0 Å². The van der Waals surface area contributed by atoms with Crippen LogP contribution in [0.2, 0.25) is 0 Å². The Morgan fingerprint density at radius 1 is 0.341 bits per heavy atom. The normalized spacial score (nSPS) is 13.1. The van der Waals surface area contributed by atoms with Crippen LogP contribution >= 0.6 is 0 Å². The fourth-order valence-corrected chi connectivity index (χ4v) is 11.3. The minimum atomic E-state index is -1.62. The molecule has 0 aliphatic rings. The van der Waals surface area contributed by atoms with E-state index in [2.05, 4.69) is 98.9 Å². The lowest BCUT2D eigenvalue weighted by molar-refractivity contribution is -0.870. The number of allylic oxidation sites excluding steroid dienone is 14. The van der Waals surface area contributed by atoms with E-state index in [0.29, 0.717) is 23.9 Å². The zero-order valence-corrected chi connectivity index (χ0v) is 60.5. The van der Waals surface area contributed by atoms with Crippen molar-refractivity contribution < 1.29 is 42.9 Å². The monoisotopic (exact) mass is 1270 g/mol. The van der Waals surface area contributed by atoms with Gasteiger partial charge in [-0.1, -0.05) is 362 Å². The van der Waals surface area contributed by atoms with Gasteiger partial charge >= 0.3 is 11.9 Å². The Balaban J connectivity index is 4.00. The molecule has 9 nitrogen and oxygen atoms in total. The highest BCUT2D eigenvalue weighted by Gasteiger charge is 2.22. The number of nitrogens with zero attached hydrogens (tertiary/aromatic N) is 1. The van der Waals surface area contributed by atoms with Gasteiger partial charge in [-0.05, 0) is 70.6 Å². The van der Waals surface area contributed by atoms with Crippen molar-refractivity contribution in [2.75, 3.05) is 47.5 Å². The molecule has 0 spiro atoms. The molecule has 2 unspecified atom stereocenters. The van der Waals surface area contributed by atoms with E-state index in [9.17, 15) is 19.5 Å². The second-order valence-corrected chi connectivity index (χ2v) is 27.3. The second-order valence-electron chi connectivity index (χ2n) is 27.3. The minimum Gasteiger partial charge on any atom is -0.545 e. The summed E-state index contributed by atoms with van der Waals surface area (Å²) >= 11 is 0. The number of likely N-dealkylation sites (N-methyl/N-ethyl adjacent to an activating group) is 1. The largest absolute Gasteiger partial charge is 0.545 e. The lowest BCUT2D eigenvalue weighted by Crippen LogP contribution is -2.44. The minimum absolute atomic E-state index is 0.149. The van der Waals surface area contributed by atoms with Crippen LogP contribution in [0.15, 0.2) is 85.1 Å². The third-order valence-electron chi connectivity index (χ3n) is 17.2. The van der Waals surface area contributed by atoms with Crippen molar-refractivity contribution in [3.8, 4) is 0 Å². The molecule has 9 heteroatoms. The van der Waals surface area contributed by atoms with E-state index in [1.165, 1.54) is 250 Å². The average molecular weight is 1280 g/mol. The van der Waals surface area contributed by atoms with Gasteiger partial charge in [0.15, 0.2) is 12.4 Å². The molecule has 2 atom stereocenters. The van der Waals surface area contributed by atoms with Gasteiger partial charge in [-0.2, -0.15) is 0 Å². The number of carboxylic acids is 1. The van der Waals surface area contributed by atoms with Crippen molar-refractivity contribution in [2.24, 2.45) is 0 Å². The van der Waals surface area contributed by atoms with Gasteiger partial charge in [0.1, 0.15) is 13.2 Å². The highest BCUT2D eigenvalue weighted by molar-refractivity contribution is 5.70. The fourth-order valence-electron chi connectivity index (χ4n) is 11.3. The topological polar surface area (TPSA) is 111 Å². The molecule has 91 heavy (non-hydrogen) atoms. The van der Waals surface area contributed by atoms with Crippen molar-refractivity contribution in [1.82, 2.24) is 0 Å². The smallest absolute Gasteiger partial charge is 0.306 e. The molecule has 0 heterocycles. The Morgan fingerprint density at radius 3 is 0.934 bits per heavy atom. The molecular weight excluding hydrogens is 1130 g/mol. The molecule has 0 radical (unpaired) electrons. The Kier molecular flexibility index (Phi) is 69.5. The molecule has 0 aliphatic heterocycles. The molecular formula is C82H147NO8. The van der Waals surface area contributed by atoms with Crippen LogP contribution in [0.1, 0.15) is 361 Å². The van der Waals surface area contributed by atoms with Crippen LogP contribution in [0, 0.1) is 0 Å². The van der Waals surface area contributed by atoms with Crippen molar-refractivity contribution in [1.29, 1.82) is 0 Å². The number of aliphatic carboxylic acids is 1. The van der Waals surface area contributed by atoms with Gasteiger partial charge in [-0.15, -0.1) is 0 Å². The molecule has 0 saturated heterocycles. The van der Waals surface area contributed by atoms with E-state index in [0.717, 1.165) is 77.0 Å². The molecule has 0 fully saturated rings. The lowest BCUT2D eigenvalue weighted by atomic mass is 10.0. The van der Waals surface area contributed by atoms with E-state index in [1.807, 2.05) is 21.1 Å². The molecule has 0 aromatic carbocycles. The molecule has 0 amide bonds. The summed E-state index contributed by atoms with van der Waals surface area (Å²) in [6, 6.07) is 0. The van der Waals surface area contributed by atoms with Crippen LogP contribution in [-0.4, -0.2) is 82.3 Å². The first-order valence-corrected chi connectivity index (χ1v) is 38.7. The maximum Gasteiger partial charge on any atom is 0.306 e. The van der Waals surface area contributed by atoms with Crippen LogP contribution in [-0.2, 0) is 33.3 Å². The summed E-state index contributed by atoms with van der Waals surface area (Å²) in [4.78, 5) is 37.6. The number of rotatable bonds is 72. The number of quaternary nitrogens is 1. The fraction of sp³-hybridized carbons (Fsp3) is 0.793. The van der Waals surface area contributed by atoms with E-state index < -0.39 is 24.3 Å². The zero-order valence-electron chi connectivity index (χ0n) is 60.5. The molecule has 0 N–H and O–H groups in total. The molecule has 0 aromatic rings. The van der Waals surface area contributed by atoms with Crippen molar-refractivity contribution >= 4 is 17.9 Å². The van der Waals surface area contributed by atoms with Crippen molar-refractivity contribution in [3.05, 3.63) is 85.1 Å². The molecule has 0 aromatic heterocycles. The number of hydrogen-bond donors (Lipinski definition) is 0. The summed E-state index contributed by atoms with van der Waals surface area (Å²) in [7, 11) is 5.94. The first kappa shape index (κ1) is 87.5. The van der Waals surface area contributed by atoms with E-state index >= 15 is 0 Å². The maximum absolute atomic E-state index is 13.0. The van der Waals surface area contributed by atoms with Gasteiger partial charge in [0.05, 0.1) is 40.3 Å². The number of ether oxygens (including phenoxy) is 4. The highest BCUT2D eigenvalue weighted by Crippen LogP contribution is 2.19. The molecule has 528 valence electrons. The predicted molar refractivity (Wildman–Crippen MR) is 389 cm³/mol. The standard InChI is InChI=1S/C82H147NO8/c1-6-8-10-12-14-16-18-20-22-24-26-28-30-32-33-34-35-36-37-38-39-40-41-42-43-44-45-46-47-49-51-53-55-57-59-61-63-65-67-69-71-73-80(85)91-78(77-90-82(81(86)87)88-75-74-83(3,4)5)76-89-79(84)72-70-68-66-64-62-60-58-56-54-52-50-48-31-29-27-25-23-21-19-17-15-13-11-9-7-2/h8,10,14,16,20,22,26,28,32-33,35-36,38-39,78,82H,6-7,9,11-13,15,17-19,21,23-25,27,29-31,34,37,40-77H2,1-5H3/b10-8-,16-14-,22-20-,28-26-,33-32-,36-35-,39-38-. The van der Waals surface area contributed by atoms with Crippen LogP contribution < -0.4 is 5.11 Å². The van der Waals surface area contributed by atoms with Crippen molar-refractivity contribution in [3.63, 3.8) is 0 Å². The highest BCUT2D eigenvalue weighted by atomic mass is 16.7. The van der Waals surface area contributed by atoms with Gasteiger partial charge in [0.2, 0.25) is 0 Å². The number of esters is 2.